The lowest BCUT2D eigenvalue weighted by atomic mass is 9.95. The molecule has 0 N–H and O–H groups in total. The van der Waals surface area contributed by atoms with Crippen LogP contribution in [0.25, 0.3) is 0 Å². The van der Waals surface area contributed by atoms with Crippen molar-refractivity contribution in [2.75, 3.05) is 14.2 Å². The minimum absolute atomic E-state index is 0.235. The molecule has 78 valence electrons. The van der Waals surface area contributed by atoms with E-state index in [9.17, 15) is 4.79 Å². The molecule has 1 amide bonds. The molecule has 1 aliphatic carbocycles. The van der Waals surface area contributed by atoms with Gasteiger partial charge in [-0.3, -0.25) is 4.79 Å². The Labute approximate surface area is 86.8 Å². The molecule has 0 aromatic rings. The van der Waals surface area contributed by atoms with Gasteiger partial charge in [-0.05, 0) is 6.08 Å². The van der Waals surface area contributed by atoms with Crippen LogP contribution in [0.3, 0.4) is 0 Å². The fourth-order valence-corrected chi connectivity index (χ4v) is 1.49. The topological polar surface area (TPSA) is 60.2 Å². The third-order valence-electron chi connectivity index (χ3n) is 2.26. The Hall–Kier alpha value is -1.91. The summed E-state index contributed by atoms with van der Waals surface area (Å²) < 4.78 is 10.2. The molecule has 2 aliphatic rings. The van der Waals surface area contributed by atoms with Crippen LogP contribution in [-0.2, 0) is 14.3 Å². The molecule has 0 saturated heterocycles. The summed E-state index contributed by atoms with van der Waals surface area (Å²) in [5, 5.41) is 0. The summed E-state index contributed by atoms with van der Waals surface area (Å²) in [6, 6.07) is 0. The van der Waals surface area contributed by atoms with Crippen molar-refractivity contribution < 1.29 is 14.3 Å². The van der Waals surface area contributed by atoms with Gasteiger partial charge in [0.25, 0.3) is 5.91 Å². The van der Waals surface area contributed by atoms with Gasteiger partial charge < -0.3 is 9.47 Å². The molecular formula is C10H10N2O3. The largest absolute Gasteiger partial charge is 0.493 e. The molecule has 0 aromatic heterocycles. The third-order valence-corrected chi connectivity index (χ3v) is 2.26. The quantitative estimate of drug-likeness (QED) is 0.667. The number of hydrogen-bond acceptors (Lipinski definition) is 4. The molecule has 1 atom stereocenters. The molecule has 0 spiro atoms. The Morgan fingerprint density at radius 2 is 2.00 bits per heavy atom. The average Bonchev–Trinajstić information content (AvgIpc) is 2.28. The van der Waals surface area contributed by atoms with Crippen molar-refractivity contribution in [3.63, 3.8) is 0 Å². The van der Waals surface area contributed by atoms with Crippen molar-refractivity contribution in [2.45, 2.75) is 0 Å². The van der Waals surface area contributed by atoms with Crippen LogP contribution in [-0.4, -0.2) is 32.2 Å². The second-order valence-corrected chi connectivity index (χ2v) is 3.06. The number of allylic oxidation sites excluding steroid dienone is 1. The number of methoxy groups -OCH3 is 2. The lowest BCUT2D eigenvalue weighted by Gasteiger charge is -2.20. The molecule has 0 aromatic carbocycles. The summed E-state index contributed by atoms with van der Waals surface area (Å²) in [7, 11) is 3.07. The van der Waals surface area contributed by atoms with E-state index in [2.05, 4.69) is 9.98 Å². The molecule has 1 aliphatic heterocycles. The highest BCUT2D eigenvalue weighted by atomic mass is 16.5. The first-order valence-electron chi connectivity index (χ1n) is 4.42. The SMILES string of the molecule is COC1=CC2=NC=NC(=O)C2C=C1OC. The highest BCUT2D eigenvalue weighted by Crippen LogP contribution is 2.24. The Morgan fingerprint density at radius 3 is 2.67 bits per heavy atom. The predicted octanol–water partition coefficient (Wildman–Crippen LogP) is 0.686. The van der Waals surface area contributed by atoms with Gasteiger partial charge in [0.2, 0.25) is 0 Å². The van der Waals surface area contributed by atoms with Crippen molar-refractivity contribution in [3.8, 4) is 0 Å². The third kappa shape index (κ3) is 1.56. The van der Waals surface area contributed by atoms with Crippen LogP contribution in [0.2, 0.25) is 0 Å². The van der Waals surface area contributed by atoms with Crippen molar-refractivity contribution in [2.24, 2.45) is 15.9 Å². The molecule has 5 nitrogen and oxygen atoms in total. The van der Waals surface area contributed by atoms with Crippen LogP contribution >= 0.6 is 0 Å². The standard InChI is InChI=1S/C10H10N2O3/c1-14-8-3-6-7(4-9(8)15-2)11-5-12-10(6)13/h3-6H,1-2H3. The van der Waals surface area contributed by atoms with Crippen LogP contribution in [0, 0.1) is 5.92 Å². The van der Waals surface area contributed by atoms with E-state index >= 15 is 0 Å². The summed E-state index contributed by atoms with van der Waals surface area (Å²) in [5.74, 6) is 0.423. The number of amides is 1. The zero-order valence-corrected chi connectivity index (χ0v) is 8.43. The lowest BCUT2D eigenvalue weighted by molar-refractivity contribution is -0.118. The highest BCUT2D eigenvalue weighted by Gasteiger charge is 2.29. The maximum atomic E-state index is 11.4. The van der Waals surface area contributed by atoms with Gasteiger partial charge in [-0.2, -0.15) is 0 Å². The second kappa shape index (κ2) is 3.68. The molecular weight excluding hydrogens is 196 g/mol. The van der Waals surface area contributed by atoms with E-state index in [4.69, 9.17) is 9.47 Å². The maximum Gasteiger partial charge on any atom is 0.260 e. The number of nitrogens with zero attached hydrogens (tertiary/aromatic N) is 2. The molecule has 5 heteroatoms. The smallest absolute Gasteiger partial charge is 0.260 e. The number of hydrogen-bond donors (Lipinski definition) is 0. The fourth-order valence-electron chi connectivity index (χ4n) is 1.49. The summed E-state index contributed by atoms with van der Waals surface area (Å²) >= 11 is 0. The average molecular weight is 206 g/mol. The number of carbonyl (C=O) groups excluding carboxylic acids is 1. The number of fused-ring (bicyclic) bond motifs is 1. The molecule has 1 heterocycles. The van der Waals surface area contributed by atoms with Crippen molar-refractivity contribution >= 4 is 18.0 Å². The first kappa shape index (κ1) is 9.64. The van der Waals surface area contributed by atoms with E-state index in [0.717, 1.165) is 0 Å². The van der Waals surface area contributed by atoms with Crippen LogP contribution in [0.5, 0.6) is 0 Å². The van der Waals surface area contributed by atoms with Gasteiger partial charge in [0.05, 0.1) is 19.9 Å². The minimum Gasteiger partial charge on any atom is -0.493 e. The monoisotopic (exact) mass is 206 g/mol. The van der Waals surface area contributed by atoms with Crippen molar-refractivity contribution in [3.05, 3.63) is 23.7 Å². The number of carbonyl (C=O) groups is 1. The first-order valence-corrected chi connectivity index (χ1v) is 4.42. The normalized spacial score (nSPS) is 23.7. The molecule has 0 radical (unpaired) electrons. The van der Waals surface area contributed by atoms with E-state index in [1.807, 2.05) is 0 Å². The zero-order chi connectivity index (χ0) is 10.8. The molecule has 0 saturated carbocycles. The molecule has 0 fully saturated rings. The van der Waals surface area contributed by atoms with Crippen LogP contribution in [0.4, 0.5) is 0 Å². The zero-order valence-electron chi connectivity index (χ0n) is 8.43. The summed E-state index contributed by atoms with van der Waals surface area (Å²) in [5.41, 5.74) is 0.632. The van der Waals surface area contributed by atoms with E-state index < -0.39 is 5.92 Å². The lowest BCUT2D eigenvalue weighted by Crippen LogP contribution is -2.26. The summed E-state index contributed by atoms with van der Waals surface area (Å²) in [6.45, 7) is 0. The summed E-state index contributed by atoms with van der Waals surface area (Å²) in [4.78, 5) is 19.1. The van der Waals surface area contributed by atoms with E-state index in [1.165, 1.54) is 20.6 Å². The van der Waals surface area contributed by atoms with Gasteiger partial charge in [0.1, 0.15) is 12.3 Å². The van der Waals surface area contributed by atoms with Crippen molar-refractivity contribution in [1.82, 2.24) is 0 Å². The molecule has 1 unspecified atom stereocenters. The number of rotatable bonds is 2. The van der Waals surface area contributed by atoms with Gasteiger partial charge in [0.15, 0.2) is 11.5 Å². The Bertz CT molecular complexity index is 418. The van der Waals surface area contributed by atoms with E-state index in [1.54, 1.807) is 12.2 Å². The van der Waals surface area contributed by atoms with Gasteiger partial charge in [-0.1, -0.05) is 0 Å². The number of ether oxygens (including phenoxy) is 2. The van der Waals surface area contributed by atoms with Gasteiger partial charge in [0, 0.05) is 6.08 Å². The molecule has 2 rings (SSSR count). The van der Waals surface area contributed by atoms with E-state index in [-0.39, 0.29) is 5.91 Å². The molecule has 15 heavy (non-hydrogen) atoms. The van der Waals surface area contributed by atoms with E-state index in [0.29, 0.717) is 17.2 Å². The first-order chi connectivity index (χ1) is 7.26. The Kier molecular flexibility index (Phi) is 2.37. The second-order valence-electron chi connectivity index (χ2n) is 3.06. The summed E-state index contributed by atoms with van der Waals surface area (Å²) in [6.07, 6.45) is 4.60. The van der Waals surface area contributed by atoms with Crippen LogP contribution < -0.4 is 0 Å². The van der Waals surface area contributed by atoms with Crippen LogP contribution in [0.15, 0.2) is 33.7 Å². The fraction of sp³-hybridized carbons (Fsp3) is 0.300. The molecule has 0 bridgehead atoms. The van der Waals surface area contributed by atoms with Gasteiger partial charge >= 0.3 is 0 Å². The van der Waals surface area contributed by atoms with Gasteiger partial charge in [-0.15, -0.1) is 0 Å². The van der Waals surface area contributed by atoms with Crippen LogP contribution in [0.1, 0.15) is 0 Å². The van der Waals surface area contributed by atoms with Gasteiger partial charge in [-0.25, -0.2) is 9.98 Å². The highest BCUT2D eigenvalue weighted by molar-refractivity contribution is 6.18. The Balaban J connectivity index is 2.42. The maximum absolute atomic E-state index is 11.4. The minimum atomic E-state index is -0.441. The Morgan fingerprint density at radius 1 is 1.27 bits per heavy atom. The predicted molar refractivity (Wildman–Crippen MR) is 54.6 cm³/mol. The number of aliphatic imine (C=N–C) groups is 2. The van der Waals surface area contributed by atoms with Crippen molar-refractivity contribution in [1.29, 1.82) is 0 Å².